The van der Waals surface area contributed by atoms with Gasteiger partial charge in [0, 0.05) is 36.0 Å². The fourth-order valence-corrected chi connectivity index (χ4v) is 6.10. The van der Waals surface area contributed by atoms with Crippen LogP contribution in [0.25, 0.3) is 11.1 Å². The molecule has 2 amide bonds. The minimum Gasteiger partial charge on any atom is -0.334 e. The van der Waals surface area contributed by atoms with Crippen molar-refractivity contribution in [2.24, 2.45) is 5.14 Å². The number of hydrogen-bond acceptors (Lipinski definition) is 5. The first-order valence-corrected chi connectivity index (χ1v) is 13.8. The first-order valence-electron chi connectivity index (χ1n) is 12.3. The zero-order chi connectivity index (χ0) is 25.5. The van der Waals surface area contributed by atoms with E-state index in [9.17, 15) is 13.2 Å². The topological polar surface area (TPSA) is 118 Å². The molecule has 3 aromatic rings. The van der Waals surface area contributed by atoms with Crippen molar-refractivity contribution in [3.63, 3.8) is 0 Å². The van der Waals surface area contributed by atoms with Gasteiger partial charge in [-0.3, -0.25) is 4.90 Å². The lowest BCUT2D eigenvalue weighted by molar-refractivity contribution is 0.245. The lowest BCUT2D eigenvalue weighted by Gasteiger charge is -2.25. The quantitative estimate of drug-likeness (QED) is 0.531. The van der Waals surface area contributed by atoms with Crippen LogP contribution in [0.1, 0.15) is 62.3 Å². The number of carbonyl (C=O) groups excluding carboxylic acids is 1. The van der Waals surface area contributed by atoms with Gasteiger partial charge in [0.1, 0.15) is 6.33 Å². The van der Waals surface area contributed by atoms with Crippen LogP contribution in [0.2, 0.25) is 0 Å². The highest BCUT2D eigenvalue weighted by Gasteiger charge is 2.46. The number of nitrogens with one attached hydrogen (secondary N) is 1. The van der Waals surface area contributed by atoms with Crippen LogP contribution in [0, 0.1) is 0 Å². The van der Waals surface area contributed by atoms with Crippen LogP contribution in [-0.4, -0.2) is 31.0 Å². The molecule has 9 heteroatoms. The molecule has 8 nitrogen and oxygen atoms in total. The summed E-state index contributed by atoms with van der Waals surface area (Å²) >= 11 is 0. The van der Waals surface area contributed by atoms with E-state index in [-0.39, 0.29) is 22.3 Å². The predicted octanol–water partition coefficient (Wildman–Crippen LogP) is 4.46. The second-order valence-corrected chi connectivity index (χ2v) is 11.7. The van der Waals surface area contributed by atoms with Crippen molar-refractivity contribution in [2.45, 2.75) is 62.3 Å². The van der Waals surface area contributed by atoms with Gasteiger partial charge < -0.3 is 5.32 Å². The molecule has 0 radical (unpaired) electrons. The Morgan fingerprint density at radius 3 is 2.53 bits per heavy atom. The Morgan fingerprint density at radius 1 is 1.14 bits per heavy atom. The van der Waals surface area contributed by atoms with Crippen molar-refractivity contribution in [1.82, 2.24) is 15.3 Å². The lowest BCUT2D eigenvalue weighted by atomic mass is 9.80. The summed E-state index contributed by atoms with van der Waals surface area (Å²) in [6.45, 7) is 5.21. The van der Waals surface area contributed by atoms with Gasteiger partial charge in [0.25, 0.3) is 0 Å². The van der Waals surface area contributed by atoms with Crippen LogP contribution < -0.4 is 15.4 Å². The minimum absolute atomic E-state index is 0.0343. The summed E-state index contributed by atoms with van der Waals surface area (Å²) < 4.78 is 23.0. The zero-order valence-electron chi connectivity index (χ0n) is 20.6. The number of benzene rings is 2. The summed E-state index contributed by atoms with van der Waals surface area (Å²) in [4.78, 5) is 24.0. The second kappa shape index (κ2) is 9.29. The summed E-state index contributed by atoms with van der Waals surface area (Å²) in [5.74, 6) is 0.276. The highest BCUT2D eigenvalue weighted by molar-refractivity contribution is 7.89. The number of nitrogens with zero attached hydrogens (tertiary/aromatic N) is 3. The summed E-state index contributed by atoms with van der Waals surface area (Å²) in [6, 6.07) is 12.4. The third kappa shape index (κ3) is 4.49. The first-order chi connectivity index (χ1) is 17.2. The van der Waals surface area contributed by atoms with E-state index in [1.54, 1.807) is 18.5 Å². The zero-order valence-corrected chi connectivity index (χ0v) is 21.4. The Balaban J connectivity index is 1.41. The van der Waals surface area contributed by atoms with Crippen molar-refractivity contribution in [3.8, 4) is 11.1 Å². The molecule has 3 N–H and O–H groups in total. The van der Waals surface area contributed by atoms with Crippen molar-refractivity contribution in [1.29, 1.82) is 0 Å². The molecule has 2 aliphatic rings. The van der Waals surface area contributed by atoms with Gasteiger partial charge in [0.15, 0.2) is 0 Å². The number of carbonyl (C=O) groups is 1. The molecule has 36 heavy (non-hydrogen) atoms. The highest BCUT2D eigenvalue weighted by atomic mass is 32.2. The number of hydrogen-bond donors (Lipinski definition) is 2. The smallest absolute Gasteiger partial charge is 0.322 e. The van der Waals surface area contributed by atoms with Gasteiger partial charge in [0.2, 0.25) is 10.0 Å². The maximum atomic E-state index is 13.3. The van der Waals surface area contributed by atoms with E-state index >= 15 is 0 Å². The van der Waals surface area contributed by atoms with Gasteiger partial charge in [-0.05, 0) is 59.7 Å². The maximum Gasteiger partial charge on any atom is 0.322 e. The van der Waals surface area contributed by atoms with Crippen LogP contribution >= 0.6 is 0 Å². The predicted molar refractivity (Wildman–Crippen MR) is 139 cm³/mol. The number of aromatic nitrogens is 2. The molecule has 0 unspecified atom stereocenters. The third-order valence-electron chi connectivity index (χ3n) is 7.42. The number of urea groups is 1. The molecule has 1 aromatic heterocycles. The Labute approximate surface area is 212 Å². The fraction of sp³-hybridized carbons (Fsp3) is 0.370. The summed E-state index contributed by atoms with van der Waals surface area (Å²) in [5.41, 5.74) is 6.08. The molecule has 2 heterocycles. The number of amides is 2. The van der Waals surface area contributed by atoms with Crippen molar-refractivity contribution >= 4 is 21.7 Å². The number of nitrogens with two attached hydrogens (primary N) is 1. The normalized spacial score (nSPS) is 16.5. The van der Waals surface area contributed by atoms with Gasteiger partial charge in [0.05, 0.1) is 10.6 Å². The molecule has 2 aromatic carbocycles. The molecule has 0 bridgehead atoms. The summed E-state index contributed by atoms with van der Waals surface area (Å²) in [5, 5.41) is 8.18. The molecule has 5 rings (SSSR count). The molecule has 0 saturated heterocycles. The van der Waals surface area contributed by atoms with Crippen molar-refractivity contribution < 1.29 is 13.2 Å². The van der Waals surface area contributed by atoms with Crippen LogP contribution in [0.4, 0.5) is 10.5 Å². The molecule has 1 saturated carbocycles. The number of sulfonamides is 1. The Bertz CT molecular complexity index is 1400. The molecule has 1 spiro atoms. The minimum atomic E-state index is -3.75. The maximum absolute atomic E-state index is 13.3. The molecule has 1 fully saturated rings. The summed E-state index contributed by atoms with van der Waals surface area (Å²) in [6.07, 6.45) is 7.91. The van der Waals surface area contributed by atoms with Crippen molar-refractivity contribution in [2.75, 3.05) is 11.4 Å². The molecule has 0 atom stereocenters. The fourth-order valence-electron chi connectivity index (χ4n) is 5.59. The average Bonchev–Trinajstić information content (AvgIpc) is 3.47. The number of fused-ring (bicyclic) bond motifs is 2. The van der Waals surface area contributed by atoms with Crippen LogP contribution in [0.15, 0.2) is 59.9 Å². The lowest BCUT2D eigenvalue weighted by Crippen LogP contribution is -2.41. The van der Waals surface area contributed by atoms with E-state index in [1.807, 2.05) is 11.1 Å². The third-order valence-corrected chi connectivity index (χ3v) is 8.35. The Kier molecular flexibility index (Phi) is 6.30. The molecular formula is C27H31N5O3S. The average molecular weight is 506 g/mol. The van der Waals surface area contributed by atoms with Gasteiger partial charge >= 0.3 is 6.03 Å². The molecular weight excluding hydrogens is 474 g/mol. The highest BCUT2D eigenvalue weighted by Crippen LogP contribution is 2.51. The standard InChI is InChI=1S/C27H31N5O3S/c1-18(2)25-22(15-29-17-31-25)20-7-10-24-23(13-20)27(11-3-4-12-27)16-32(24)26(33)30-14-19-5-8-21(9-6-19)36(28,34)35/h5-10,13,15,17-18H,3-4,11-12,14,16H2,1-2H3,(H,30,33)(H2,28,34,35). The number of primary sulfonamides is 1. The van der Waals surface area contributed by atoms with Gasteiger partial charge in [-0.2, -0.15) is 0 Å². The van der Waals surface area contributed by atoms with Crippen molar-refractivity contribution in [3.05, 3.63) is 71.8 Å². The van der Waals surface area contributed by atoms with Gasteiger partial charge in [-0.1, -0.05) is 44.9 Å². The van der Waals surface area contributed by atoms with E-state index in [2.05, 4.69) is 47.3 Å². The SMILES string of the molecule is CC(C)c1ncncc1-c1ccc2c(c1)C1(CCCC1)CN2C(=O)NCc1ccc(S(N)(=O)=O)cc1. The van der Waals surface area contributed by atoms with Crippen LogP contribution in [0.5, 0.6) is 0 Å². The van der Waals surface area contributed by atoms with E-state index < -0.39 is 10.0 Å². The summed E-state index contributed by atoms with van der Waals surface area (Å²) in [7, 11) is -3.75. The van der Waals surface area contributed by atoms with E-state index in [1.165, 1.54) is 17.7 Å². The van der Waals surface area contributed by atoms with E-state index in [0.29, 0.717) is 13.1 Å². The molecule has 1 aliphatic heterocycles. The van der Waals surface area contributed by atoms with Crippen LogP contribution in [-0.2, 0) is 22.0 Å². The number of anilines is 1. The first kappa shape index (κ1) is 24.4. The van der Waals surface area contributed by atoms with E-state index in [4.69, 9.17) is 5.14 Å². The second-order valence-electron chi connectivity index (χ2n) is 10.1. The van der Waals surface area contributed by atoms with Gasteiger partial charge in [-0.15, -0.1) is 0 Å². The van der Waals surface area contributed by atoms with Gasteiger partial charge in [-0.25, -0.2) is 28.3 Å². The Morgan fingerprint density at radius 2 is 1.86 bits per heavy atom. The molecule has 188 valence electrons. The molecule has 1 aliphatic carbocycles. The monoisotopic (exact) mass is 505 g/mol. The van der Waals surface area contributed by atoms with Crippen LogP contribution in [0.3, 0.4) is 0 Å². The number of rotatable bonds is 5. The Hall–Kier alpha value is -3.30. The van der Waals surface area contributed by atoms with E-state index in [0.717, 1.165) is 53.8 Å². The largest absolute Gasteiger partial charge is 0.334 e.